The molecule has 1 aromatic rings. The van der Waals surface area contributed by atoms with Crippen LogP contribution in [0.4, 0.5) is 0 Å². The number of nitrogens with zero attached hydrogens (tertiary/aromatic N) is 1. The molecule has 0 aliphatic heterocycles. The maximum atomic E-state index is 11.3. The van der Waals surface area contributed by atoms with E-state index in [1.165, 1.54) is 0 Å². The first-order valence-corrected chi connectivity index (χ1v) is 5.73. The quantitative estimate of drug-likeness (QED) is 0.655. The van der Waals surface area contributed by atoms with Crippen molar-refractivity contribution in [2.45, 2.75) is 19.3 Å². The second-order valence-corrected chi connectivity index (χ2v) is 3.57. The normalized spacial score (nSPS) is 9.94. The maximum Gasteiger partial charge on any atom is 0.220 e. The van der Waals surface area contributed by atoms with Crippen molar-refractivity contribution >= 4 is 5.91 Å². The van der Waals surface area contributed by atoms with E-state index in [1.807, 2.05) is 6.07 Å². The van der Waals surface area contributed by atoms with Crippen molar-refractivity contribution in [3.05, 3.63) is 24.5 Å². The standard InChI is InChI=1S/C12H18N2O3/c15-8-3-7-14-12(16)5-2-9-17-11-4-1-6-13-10-11/h1,4,6,10,15H,2-3,5,7-9H2,(H,14,16). The molecule has 1 aromatic heterocycles. The summed E-state index contributed by atoms with van der Waals surface area (Å²) in [7, 11) is 0. The predicted octanol–water partition coefficient (Wildman–Crippen LogP) is 0.739. The van der Waals surface area contributed by atoms with E-state index >= 15 is 0 Å². The molecular formula is C12H18N2O3. The third kappa shape index (κ3) is 6.52. The summed E-state index contributed by atoms with van der Waals surface area (Å²) in [4.78, 5) is 15.2. The molecule has 0 saturated heterocycles. The van der Waals surface area contributed by atoms with Crippen LogP contribution in [-0.2, 0) is 4.79 Å². The van der Waals surface area contributed by atoms with Crippen molar-refractivity contribution in [3.8, 4) is 5.75 Å². The molecule has 94 valence electrons. The van der Waals surface area contributed by atoms with Crippen molar-refractivity contribution in [1.29, 1.82) is 0 Å². The van der Waals surface area contributed by atoms with Gasteiger partial charge in [-0.25, -0.2) is 0 Å². The molecule has 2 N–H and O–H groups in total. The first-order valence-electron chi connectivity index (χ1n) is 5.73. The summed E-state index contributed by atoms with van der Waals surface area (Å²) in [6.07, 6.45) is 5.02. The second kappa shape index (κ2) is 8.52. The lowest BCUT2D eigenvalue weighted by atomic mass is 10.3. The molecule has 0 bridgehead atoms. The predicted molar refractivity (Wildman–Crippen MR) is 63.7 cm³/mol. The highest BCUT2D eigenvalue weighted by atomic mass is 16.5. The number of amides is 1. The third-order valence-corrected chi connectivity index (χ3v) is 2.11. The number of pyridine rings is 1. The Hall–Kier alpha value is -1.62. The van der Waals surface area contributed by atoms with Crippen LogP contribution < -0.4 is 10.1 Å². The lowest BCUT2D eigenvalue weighted by Crippen LogP contribution is -2.25. The number of hydrogen-bond donors (Lipinski definition) is 2. The molecule has 1 heterocycles. The van der Waals surface area contributed by atoms with Crippen molar-refractivity contribution < 1.29 is 14.6 Å². The van der Waals surface area contributed by atoms with Crippen LogP contribution in [-0.4, -0.2) is 35.8 Å². The molecule has 0 atom stereocenters. The lowest BCUT2D eigenvalue weighted by Gasteiger charge is -2.06. The first-order chi connectivity index (χ1) is 8.33. The summed E-state index contributed by atoms with van der Waals surface area (Å²) in [5, 5.41) is 11.3. The fourth-order valence-electron chi connectivity index (χ4n) is 1.25. The van der Waals surface area contributed by atoms with E-state index in [-0.39, 0.29) is 12.5 Å². The Morgan fingerprint density at radius 3 is 3.06 bits per heavy atom. The molecule has 5 heteroatoms. The first kappa shape index (κ1) is 13.4. The number of nitrogens with one attached hydrogen (secondary N) is 1. The molecular weight excluding hydrogens is 220 g/mol. The Morgan fingerprint density at radius 2 is 2.35 bits per heavy atom. The van der Waals surface area contributed by atoms with Crippen LogP contribution >= 0.6 is 0 Å². The Morgan fingerprint density at radius 1 is 1.47 bits per heavy atom. The zero-order valence-electron chi connectivity index (χ0n) is 9.76. The van der Waals surface area contributed by atoms with Gasteiger partial charge in [0.25, 0.3) is 0 Å². The molecule has 5 nitrogen and oxygen atoms in total. The number of aliphatic hydroxyl groups excluding tert-OH is 1. The maximum absolute atomic E-state index is 11.3. The average molecular weight is 238 g/mol. The highest BCUT2D eigenvalue weighted by Gasteiger charge is 2.00. The largest absolute Gasteiger partial charge is 0.492 e. The number of rotatable bonds is 8. The van der Waals surface area contributed by atoms with E-state index in [0.29, 0.717) is 38.2 Å². The molecule has 1 rings (SSSR count). The summed E-state index contributed by atoms with van der Waals surface area (Å²) in [6, 6.07) is 3.63. The van der Waals surface area contributed by atoms with Gasteiger partial charge in [-0.05, 0) is 25.0 Å². The number of hydrogen-bond acceptors (Lipinski definition) is 4. The van der Waals surface area contributed by atoms with Crippen LogP contribution in [0.3, 0.4) is 0 Å². The summed E-state index contributed by atoms with van der Waals surface area (Å²) >= 11 is 0. The zero-order valence-corrected chi connectivity index (χ0v) is 9.76. The van der Waals surface area contributed by atoms with Gasteiger partial charge < -0.3 is 15.2 Å². The van der Waals surface area contributed by atoms with E-state index in [9.17, 15) is 4.79 Å². The molecule has 0 unspecified atom stereocenters. The van der Waals surface area contributed by atoms with E-state index in [1.54, 1.807) is 18.5 Å². The topological polar surface area (TPSA) is 71.5 Å². The Bertz CT molecular complexity index is 317. The van der Waals surface area contributed by atoms with Crippen LogP contribution in [0.25, 0.3) is 0 Å². The summed E-state index contributed by atoms with van der Waals surface area (Å²) in [5.41, 5.74) is 0. The number of carbonyl (C=O) groups excluding carboxylic acids is 1. The van der Waals surface area contributed by atoms with Gasteiger partial charge in [0.1, 0.15) is 5.75 Å². The smallest absolute Gasteiger partial charge is 0.220 e. The second-order valence-electron chi connectivity index (χ2n) is 3.57. The SMILES string of the molecule is O=C(CCCOc1cccnc1)NCCCO. The van der Waals surface area contributed by atoms with Crippen molar-refractivity contribution in [3.63, 3.8) is 0 Å². The fourth-order valence-corrected chi connectivity index (χ4v) is 1.25. The van der Waals surface area contributed by atoms with Crippen LogP contribution in [0.15, 0.2) is 24.5 Å². The van der Waals surface area contributed by atoms with Gasteiger partial charge in [0.15, 0.2) is 0 Å². The third-order valence-electron chi connectivity index (χ3n) is 2.11. The van der Waals surface area contributed by atoms with Gasteiger partial charge in [0, 0.05) is 25.8 Å². The van der Waals surface area contributed by atoms with Gasteiger partial charge in [0.2, 0.25) is 5.91 Å². The Balaban J connectivity index is 2.02. The highest BCUT2D eigenvalue weighted by molar-refractivity contribution is 5.75. The van der Waals surface area contributed by atoms with Crippen LogP contribution in [0, 0.1) is 0 Å². The molecule has 0 aliphatic rings. The average Bonchev–Trinajstić information content (AvgIpc) is 2.36. The Labute approximate surface area is 101 Å². The number of carbonyl (C=O) groups is 1. The molecule has 0 radical (unpaired) electrons. The molecule has 0 fully saturated rings. The molecule has 0 aromatic carbocycles. The molecule has 17 heavy (non-hydrogen) atoms. The molecule has 0 saturated carbocycles. The van der Waals surface area contributed by atoms with Crippen molar-refractivity contribution in [1.82, 2.24) is 10.3 Å². The summed E-state index contributed by atoms with van der Waals surface area (Å²) in [5.74, 6) is 0.710. The minimum Gasteiger partial charge on any atom is -0.492 e. The number of aliphatic hydroxyl groups is 1. The lowest BCUT2D eigenvalue weighted by molar-refractivity contribution is -0.121. The van der Waals surface area contributed by atoms with Crippen LogP contribution in [0.2, 0.25) is 0 Å². The van der Waals surface area contributed by atoms with Gasteiger partial charge >= 0.3 is 0 Å². The number of aromatic nitrogens is 1. The van der Waals surface area contributed by atoms with E-state index < -0.39 is 0 Å². The van der Waals surface area contributed by atoms with Gasteiger partial charge in [-0.15, -0.1) is 0 Å². The minimum absolute atomic E-state index is 0.00626. The minimum atomic E-state index is -0.00626. The van der Waals surface area contributed by atoms with E-state index in [0.717, 1.165) is 0 Å². The summed E-state index contributed by atoms with van der Waals surface area (Å²) < 4.78 is 5.40. The molecule has 1 amide bonds. The number of ether oxygens (including phenoxy) is 1. The summed E-state index contributed by atoms with van der Waals surface area (Å²) in [6.45, 7) is 1.13. The van der Waals surface area contributed by atoms with Gasteiger partial charge in [-0.3, -0.25) is 9.78 Å². The Kier molecular flexibility index (Phi) is 6.74. The van der Waals surface area contributed by atoms with Crippen molar-refractivity contribution in [2.75, 3.05) is 19.8 Å². The molecule has 0 spiro atoms. The zero-order chi connectivity index (χ0) is 12.3. The van der Waals surface area contributed by atoms with E-state index in [4.69, 9.17) is 9.84 Å². The van der Waals surface area contributed by atoms with Crippen LogP contribution in [0.1, 0.15) is 19.3 Å². The fraction of sp³-hybridized carbons (Fsp3) is 0.500. The van der Waals surface area contributed by atoms with Gasteiger partial charge in [-0.2, -0.15) is 0 Å². The van der Waals surface area contributed by atoms with Gasteiger partial charge in [-0.1, -0.05) is 0 Å². The van der Waals surface area contributed by atoms with Gasteiger partial charge in [0.05, 0.1) is 12.8 Å². The van der Waals surface area contributed by atoms with Crippen LogP contribution in [0.5, 0.6) is 5.75 Å². The van der Waals surface area contributed by atoms with E-state index in [2.05, 4.69) is 10.3 Å². The van der Waals surface area contributed by atoms with Crippen molar-refractivity contribution in [2.24, 2.45) is 0 Å². The molecule has 0 aliphatic carbocycles. The monoisotopic (exact) mass is 238 g/mol. The highest BCUT2D eigenvalue weighted by Crippen LogP contribution is 2.06.